The van der Waals surface area contributed by atoms with E-state index in [4.69, 9.17) is 15.9 Å². The van der Waals surface area contributed by atoms with E-state index in [0.29, 0.717) is 11.4 Å². The fourth-order valence-electron chi connectivity index (χ4n) is 1.12. The van der Waals surface area contributed by atoms with Crippen LogP contribution in [0.3, 0.4) is 0 Å². The number of carbonyl (C=O) groups excluding carboxylic acids is 1. The number of nitrogens with two attached hydrogens (primary N) is 1. The first-order chi connectivity index (χ1) is 7.65. The summed E-state index contributed by atoms with van der Waals surface area (Å²) in [7, 11) is 0. The number of hydrogen-bond acceptors (Lipinski definition) is 4. The van der Waals surface area contributed by atoms with E-state index >= 15 is 0 Å². The molecule has 6 N–H and O–H groups in total. The molecule has 16 heavy (non-hydrogen) atoms. The lowest BCUT2D eigenvalue weighted by atomic mass is 10.3. The zero-order valence-electron chi connectivity index (χ0n) is 8.68. The number of carbonyl (C=O) groups is 1. The smallest absolute Gasteiger partial charge is 0.319 e. The number of benzene rings is 1. The molecule has 0 saturated carbocycles. The second-order valence-electron chi connectivity index (χ2n) is 3.29. The van der Waals surface area contributed by atoms with E-state index in [1.807, 2.05) is 0 Å². The highest BCUT2D eigenvalue weighted by Crippen LogP contribution is 2.11. The second kappa shape index (κ2) is 5.94. The summed E-state index contributed by atoms with van der Waals surface area (Å²) in [6.07, 6.45) is 0. The maximum atomic E-state index is 11.4. The van der Waals surface area contributed by atoms with Gasteiger partial charge in [-0.1, -0.05) is 6.07 Å². The van der Waals surface area contributed by atoms with Gasteiger partial charge in [0.1, 0.15) is 0 Å². The lowest BCUT2D eigenvalue weighted by Crippen LogP contribution is -2.42. The molecule has 0 aliphatic carbocycles. The van der Waals surface area contributed by atoms with E-state index in [-0.39, 0.29) is 13.2 Å². The number of rotatable bonds is 4. The lowest BCUT2D eigenvalue weighted by molar-refractivity contribution is 0.172. The largest absolute Gasteiger partial charge is 0.399 e. The Morgan fingerprint density at radius 3 is 2.62 bits per heavy atom. The molecule has 1 aromatic carbocycles. The van der Waals surface area contributed by atoms with E-state index in [2.05, 4.69) is 10.6 Å². The van der Waals surface area contributed by atoms with Crippen molar-refractivity contribution in [1.82, 2.24) is 5.32 Å². The summed E-state index contributed by atoms with van der Waals surface area (Å²) < 4.78 is 0. The van der Waals surface area contributed by atoms with E-state index in [1.165, 1.54) is 0 Å². The van der Waals surface area contributed by atoms with E-state index < -0.39 is 12.1 Å². The van der Waals surface area contributed by atoms with Gasteiger partial charge in [-0.3, -0.25) is 0 Å². The minimum absolute atomic E-state index is 0.319. The quantitative estimate of drug-likeness (QED) is 0.455. The zero-order valence-corrected chi connectivity index (χ0v) is 8.68. The van der Waals surface area contributed by atoms with Gasteiger partial charge < -0.3 is 26.6 Å². The molecular weight excluding hydrogens is 210 g/mol. The summed E-state index contributed by atoms with van der Waals surface area (Å²) in [5.74, 6) is 0. The number of aliphatic hydroxyl groups is 2. The highest BCUT2D eigenvalue weighted by Gasteiger charge is 2.09. The molecule has 0 spiro atoms. The predicted molar refractivity (Wildman–Crippen MR) is 61.0 cm³/mol. The Morgan fingerprint density at radius 1 is 1.38 bits per heavy atom. The normalized spacial score (nSPS) is 10.2. The van der Waals surface area contributed by atoms with Gasteiger partial charge in [-0.05, 0) is 18.2 Å². The minimum atomic E-state index is -0.666. The third-order valence-corrected chi connectivity index (χ3v) is 1.92. The van der Waals surface area contributed by atoms with Crippen LogP contribution in [0, 0.1) is 0 Å². The first kappa shape index (κ1) is 12.3. The molecule has 0 aliphatic heterocycles. The molecule has 0 atom stereocenters. The molecule has 0 bridgehead atoms. The fourth-order valence-corrected chi connectivity index (χ4v) is 1.12. The third-order valence-electron chi connectivity index (χ3n) is 1.92. The summed E-state index contributed by atoms with van der Waals surface area (Å²) >= 11 is 0. The van der Waals surface area contributed by atoms with Gasteiger partial charge in [-0.25, -0.2) is 4.79 Å². The van der Waals surface area contributed by atoms with Gasteiger partial charge in [0.25, 0.3) is 0 Å². The van der Waals surface area contributed by atoms with Crippen molar-refractivity contribution < 1.29 is 15.0 Å². The van der Waals surface area contributed by atoms with Crippen LogP contribution in [0.25, 0.3) is 0 Å². The Labute approximate surface area is 93.1 Å². The van der Waals surface area contributed by atoms with Crippen LogP contribution in [0.15, 0.2) is 24.3 Å². The highest BCUT2D eigenvalue weighted by atomic mass is 16.3. The van der Waals surface area contributed by atoms with Gasteiger partial charge in [-0.15, -0.1) is 0 Å². The molecule has 0 heterocycles. The van der Waals surface area contributed by atoms with Crippen LogP contribution in [0.4, 0.5) is 16.2 Å². The van der Waals surface area contributed by atoms with E-state index in [0.717, 1.165) is 0 Å². The van der Waals surface area contributed by atoms with Gasteiger partial charge in [0, 0.05) is 11.4 Å². The number of nitrogen functional groups attached to an aromatic ring is 1. The van der Waals surface area contributed by atoms with Crippen LogP contribution >= 0.6 is 0 Å². The molecule has 6 nitrogen and oxygen atoms in total. The average molecular weight is 225 g/mol. The SMILES string of the molecule is Nc1cccc(NC(=O)NC(CO)CO)c1. The van der Waals surface area contributed by atoms with Crippen LogP contribution in [-0.2, 0) is 0 Å². The maximum absolute atomic E-state index is 11.4. The van der Waals surface area contributed by atoms with Crippen LogP contribution < -0.4 is 16.4 Å². The van der Waals surface area contributed by atoms with Crippen molar-refractivity contribution >= 4 is 17.4 Å². The van der Waals surface area contributed by atoms with E-state index in [1.54, 1.807) is 24.3 Å². The van der Waals surface area contributed by atoms with Crippen molar-refractivity contribution in [3.05, 3.63) is 24.3 Å². The number of anilines is 2. The van der Waals surface area contributed by atoms with Crippen LogP contribution in [0.5, 0.6) is 0 Å². The number of hydrogen-bond donors (Lipinski definition) is 5. The van der Waals surface area contributed by atoms with Crippen molar-refractivity contribution in [2.24, 2.45) is 0 Å². The number of aliphatic hydroxyl groups excluding tert-OH is 2. The van der Waals surface area contributed by atoms with Crippen LogP contribution in [-0.4, -0.2) is 35.5 Å². The summed E-state index contributed by atoms with van der Waals surface area (Å²) in [4.78, 5) is 11.4. The molecule has 0 radical (unpaired) electrons. The van der Waals surface area contributed by atoms with Crippen molar-refractivity contribution in [1.29, 1.82) is 0 Å². The first-order valence-electron chi connectivity index (χ1n) is 4.80. The summed E-state index contributed by atoms with van der Waals surface area (Å²) in [5.41, 5.74) is 6.62. The molecule has 0 aromatic heterocycles. The standard InChI is InChI=1S/C10H15N3O3/c11-7-2-1-3-8(4-7)12-10(16)13-9(5-14)6-15/h1-4,9,14-15H,5-6,11H2,(H2,12,13,16). The topological polar surface area (TPSA) is 108 Å². The summed E-state index contributed by atoms with van der Waals surface area (Å²) in [6.45, 7) is -0.637. The Hall–Kier alpha value is -1.79. The number of urea groups is 1. The Bertz CT molecular complexity index is 353. The van der Waals surface area contributed by atoms with Crippen molar-refractivity contribution in [2.75, 3.05) is 24.3 Å². The van der Waals surface area contributed by atoms with Gasteiger partial charge in [-0.2, -0.15) is 0 Å². The molecule has 0 aliphatic rings. The molecule has 6 heteroatoms. The van der Waals surface area contributed by atoms with Gasteiger partial charge in [0.05, 0.1) is 19.3 Å². The minimum Gasteiger partial charge on any atom is -0.399 e. The molecule has 0 unspecified atom stereocenters. The molecule has 88 valence electrons. The second-order valence-corrected chi connectivity index (χ2v) is 3.29. The third kappa shape index (κ3) is 3.76. The number of nitrogens with one attached hydrogen (secondary N) is 2. The van der Waals surface area contributed by atoms with Crippen LogP contribution in [0.2, 0.25) is 0 Å². The molecule has 0 fully saturated rings. The van der Waals surface area contributed by atoms with Crippen molar-refractivity contribution in [3.8, 4) is 0 Å². The predicted octanol–water partition coefficient (Wildman–Crippen LogP) is -0.257. The highest BCUT2D eigenvalue weighted by molar-refractivity contribution is 5.89. The van der Waals surface area contributed by atoms with E-state index in [9.17, 15) is 4.79 Å². The molecule has 0 saturated heterocycles. The van der Waals surface area contributed by atoms with Gasteiger partial charge >= 0.3 is 6.03 Å². The van der Waals surface area contributed by atoms with Gasteiger partial charge in [0.2, 0.25) is 0 Å². The number of amides is 2. The fraction of sp³-hybridized carbons (Fsp3) is 0.300. The van der Waals surface area contributed by atoms with Crippen LogP contribution in [0.1, 0.15) is 0 Å². The first-order valence-corrected chi connectivity index (χ1v) is 4.80. The molecule has 1 aromatic rings. The molecule has 2 amide bonds. The average Bonchev–Trinajstić information content (AvgIpc) is 2.26. The monoisotopic (exact) mass is 225 g/mol. The summed E-state index contributed by atoms with van der Waals surface area (Å²) in [6, 6.07) is 5.53. The Kier molecular flexibility index (Phi) is 4.56. The lowest BCUT2D eigenvalue weighted by Gasteiger charge is -2.14. The maximum Gasteiger partial charge on any atom is 0.319 e. The molecular formula is C10H15N3O3. The van der Waals surface area contributed by atoms with Crippen molar-refractivity contribution in [2.45, 2.75) is 6.04 Å². The molecule has 1 rings (SSSR count). The van der Waals surface area contributed by atoms with Crippen molar-refractivity contribution in [3.63, 3.8) is 0 Å². The Morgan fingerprint density at radius 2 is 2.06 bits per heavy atom. The Balaban J connectivity index is 2.51. The zero-order chi connectivity index (χ0) is 12.0. The van der Waals surface area contributed by atoms with Gasteiger partial charge in [0.15, 0.2) is 0 Å². The summed E-state index contributed by atoms with van der Waals surface area (Å²) in [5, 5.41) is 22.4.